The molecule has 2 aliphatic rings. The molecule has 4 nitrogen and oxygen atoms in total. The highest BCUT2D eigenvalue weighted by molar-refractivity contribution is 5.93. The van der Waals surface area contributed by atoms with Gasteiger partial charge in [0.1, 0.15) is 0 Å². The fraction of sp³-hybridized carbons (Fsp3) is 0.562. The molecule has 1 aromatic carbocycles. The third-order valence-corrected chi connectivity index (χ3v) is 4.43. The highest BCUT2D eigenvalue weighted by Gasteiger charge is 2.33. The molecule has 2 heterocycles. The average molecular weight is 275 g/mol. The van der Waals surface area contributed by atoms with Crippen LogP contribution in [0.25, 0.3) is 0 Å². The molecule has 1 amide bonds. The van der Waals surface area contributed by atoms with Crippen LogP contribution in [-0.4, -0.2) is 23.7 Å². The van der Waals surface area contributed by atoms with E-state index in [1.54, 1.807) is 0 Å². The van der Waals surface area contributed by atoms with Crippen LogP contribution in [0.2, 0.25) is 0 Å². The number of anilines is 1. The molecule has 108 valence electrons. The maximum atomic E-state index is 11.4. The minimum absolute atomic E-state index is 0.0704. The maximum absolute atomic E-state index is 11.4. The fourth-order valence-corrected chi connectivity index (χ4v) is 3.28. The number of aliphatic hydroxyl groups excluding tert-OH is 1. The summed E-state index contributed by atoms with van der Waals surface area (Å²) in [6.45, 7) is 2.83. The number of amides is 1. The first-order chi connectivity index (χ1) is 9.69. The third kappa shape index (κ3) is 2.45. The number of aryl methyl sites for hydroxylation is 1. The smallest absolute Gasteiger partial charge is 0.224 e. The van der Waals surface area contributed by atoms with Gasteiger partial charge in [-0.15, -0.1) is 0 Å². The second-order valence-corrected chi connectivity index (χ2v) is 5.68. The topological polar surface area (TPSA) is 58.6 Å². The Bertz CT molecular complexity index is 514. The number of fused-ring (bicyclic) bond motifs is 1. The van der Waals surface area contributed by atoms with E-state index in [4.69, 9.17) is 4.74 Å². The number of aliphatic hydroxyl groups is 1. The molecule has 4 heteroatoms. The average Bonchev–Trinajstić information content (AvgIpc) is 2.94. The van der Waals surface area contributed by atoms with Gasteiger partial charge in [0.15, 0.2) is 0 Å². The van der Waals surface area contributed by atoms with Gasteiger partial charge in [0, 0.05) is 24.6 Å². The van der Waals surface area contributed by atoms with Crippen molar-refractivity contribution in [2.45, 2.75) is 44.8 Å². The van der Waals surface area contributed by atoms with E-state index in [2.05, 4.69) is 12.2 Å². The molecule has 0 spiro atoms. The second kappa shape index (κ2) is 5.54. The van der Waals surface area contributed by atoms with Crippen molar-refractivity contribution in [2.24, 2.45) is 5.92 Å². The summed E-state index contributed by atoms with van der Waals surface area (Å²) in [4.78, 5) is 11.4. The molecule has 0 aliphatic carbocycles. The Morgan fingerprint density at radius 3 is 3.10 bits per heavy atom. The summed E-state index contributed by atoms with van der Waals surface area (Å²) in [7, 11) is 0. The summed E-state index contributed by atoms with van der Waals surface area (Å²) < 4.78 is 5.67. The van der Waals surface area contributed by atoms with Crippen LogP contribution in [-0.2, 0) is 16.0 Å². The number of rotatable bonds is 3. The Balaban J connectivity index is 1.82. The van der Waals surface area contributed by atoms with E-state index < -0.39 is 6.10 Å². The van der Waals surface area contributed by atoms with Crippen LogP contribution < -0.4 is 5.32 Å². The summed E-state index contributed by atoms with van der Waals surface area (Å²) in [6.07, 6.45) is 2.79. The van der Waals surface area contributed by atoms with Gasteiger partial charge in [-0.2, -0.15) is 0 Å². The minimum atomic E-state index is -0.481. The van der Waals surface area contributed by atoms with Gasteiger partial charge in [0.05, 0.1) is 12.2 Å². The van der Waals surface area contributed by atoms with E-state index in [1.807, 2.05) is 18.2 Å². The molecule has 1 aromatic rings. The molecule has 2 aliphatic heterocycles. The first kappa shape index (κ1) is 13.6. The molecule has 20 heavy (non-hydrogen) atoms. The molecule has 0 bridgehead atoms. The SMILES string of the molecule is CCC1OCCC1C(O)c1ccc2c(c1)CCC(=O)N2. The maximum Gasteiger partial charge on any atom is 0.224 e. The van der Waals surface area contributed by atoms with Gasteiger partial charge in [-0.25, -0.2) is 0 Å². The summed E-state index contributed by atoms with van der Waals surface area (Å²) in [5.74, 6) is 0.247. The molecular weight excluding hydrogens is 254 g/mol. The normalized spacial score (nSPS) is 27.0. The van der Waals surface area contributed by atoms with Crippen molar-refractivity contribution in [1.29, 1.82) is 0 Å². The molecule has 0 radical (unpaired) electrons. The molecule has 3 atom stereocenters. The molecule has 0 aromatic heterocycles. The van der Waals surface area contributed by atoms with E-state index in [0.717, 1.165) is 42.7 Å². The van der Waals surface area contributed by atoms with Crippen LogP contribution in [0.5, 0.6) is 0 Å². The van der Waals surface area contributed by atoms with Gasteiger partial charge in [-0.1, -0.05) is 19.1 Å². The van der Waals surface area contributed by atoms with Gasteiger partial charge >= 0.3 is 0 Å². The second-order valence-electron chi connectivity index (χ2n) is 5.68. The van der Waals surface area contributed by atoms with Crippen LogP contribution in [0.1, 0.15) is 43.4 Å². The lowest BCUT2D eigenvalue weighted by Gasteiger charge is -2.25. The van der Waals surface area contributed by atoms with E-state index in [-0.39, 0.29) is 17.9 Å². The largest absolute Gasteiger partial charge is 0.388 e. The summed E-state index contributed by atoms with van der Waals surface area (Å²) in [5, 5.41) is 13.5. The van der Waals surface area contributed by atoms with Crippen LogP contribution in [0, 0.1) is 5.92 Å². The van der Waals surface area contributed by atoms with Gasteiger partial charge in [-0.05, 0) is 36.5 Å². The Morgan fingerprint density at radius 1 is 1.45 bits per heavy atom. The van der Waals surface area contributed by atoms with Gasteiger partial charge in [0.25, 0.3) is 0 Å². The number of hydrogen-bond donors (Lipinski definition) is 2. The number of nitrogens with one attached hydrogen (secondary N) is 1. The molecule has 0 saturated carbocycles. The van der Waals surface area contributed by atoms with Crippen LogP contribution >= 0.6 is 0 Å². The van der Waals surface area contributed by atoms with E-state index in [9.17, 15) is 9.90 Å². The quantitative estimate of drug-likeness (QED) is 0.890. The number of carbonyl (C=O) groups is 1. The molecule has 2 N–H and O–H groups in total. The lowest BCUT2D eigenvalue weighted by Crippen LogP contribution is -2.23. The Hall–Kier alpha value is -1.39. The number of hydrogen-bond acceptors (Lipinski definition) is 3. The van der Waals surface area contributed by atoms with E-state index in [0.29, 0.717) is 6.42 Å². The van der Waals surface area contributed by atoms with Crippen molar-refractivity contribution in [3.05, 3.63) is 29.3 Å². The lowest BCUT2D eigenvalue weighted by atomic mass is 9.87. The zero-order valence-electron chi connectivity index (χ0n) is 11.8. The van der Waals surface area contributed by atoms with Gasteiger partial charge < -0.3 is 15.2 Å². The third-order valence-electron chi connectivity index (χ3n) is 4.43. The number of ether oxygens (including phenoxy) is 1. The molecule has 3 rings (SSSR count). The van der Waals surface area contributed by atoms with Gasteiger partial charge in [0.2, 0.25) is 5.91 Å². The fourth-order valence-electron chi connectivity index (χ4n) is 3.28. The monoisotopic (exact) mass is 275 g/mol. The van der Waals surface area contributed by atoms with E-state index >= 15 is 0 Å². The van der Waals surface area contributed by atoms with Crippen molar-refractivity contribution in [3.8, 4) is 0 Å². The number of benzene rings is 1. The lowest BCUT2D eigenvalue weighted by molar-refractivity contribution is -0.116. The Morgan fingerprint density at radius 2 is 2.30 bits per heavy atom. The highest BCUT2D eigenvalue weighted by atomic mass is 16.5. The van der Waals surface area contributed by atoms with Crippen molar-refractivity contribution in [1.82, 2.24) is 0 Å². The zero-order valence-corrected chi connectivity index (χ0v) is 11.8. The molecule has 3 unspecified atom stereocenters. The predicted molar refractivity (Wildman–Crippen MR) is 76.5 cm³/mol. The predicted octanol–water partition coefficient (Wildman–Crippen LogP) is 2.42. The zero-order chi connectivity index (χ0) is 14.1. The van der Waals surface area contributed by atoms with Crippen molar-refractivity contribution in [2.75, 3.05) is 11.9 Å². The summed E-state index contributed by atoms with van der Waals surface area (Å²) in [5.41, 5.74) is 2.94. The van der Waals surface area contributed by atoms with Crippen molar-refractivity contribution in [3.63, 3.8) is 0 Å². The van der Waals surface area contributed by atoms with Gasteiger partial charge in [-0.3, -0.25) is 4.79 Å². The van der Waals surface area contributed by atoms with Crippen LogP contribution in [0.3, 0.4) is 0 Å². The van der Waals surface area contributed by atoms with E-state index in [1.165, 1.54) is 0 Å². The van der Waals surface area contributed by atoms with Crippen LogP contribution in [0.15, 0.2) is 18.2 Å². The molecular formula is C16H21NO3. The first-order valence-corrected chi connectivity index (χ1v) is 7.41. The molecule has 1 fully saturated rings. The minimum Gasteiger partial charge on any atom is -0.388 e. The number of carbonyl (C=O) groups excluding carboxylic acids is 1. The Kier molecular flexibility index (Phi) is 3.76. The van der Waals surface area contributed by atoms with Crippen molar-refractivity contribution < 1.29 is 14.6 Å². The van der Waals surface area contributed by atoms with Crippen molar-refractivity contribution >= 4 is 11.6 Å². The summed E-state index contributed by atoms with van der Waals surface area (Å²) in [6, 6.07) is 5.85. The standard InChI is InChI=1S/C16H21NO3/c1-2-14-12(7-8-20-14)16(19)11-3-5-13-10(9-11)4-6-15(18)17-13/h3,5,9,12,14,16,19H,2,4,6-8H2,1H3,(H,17,18). The Labute approximate surface area is 119 Å². The molecule has 1 saturated heterocycles. The summed E-state index contributed by atoms with van der Waals surface area (Å²) >= 11 is 0. The highest BCUT2D eigenvalue weighted by Crippen LogP contribution is 2.36. The van der Waals surface area contributed by atoms with Crippen LogP contribution in [0.4, 0.5) is 5.69 Å². The first-order valence-electron chi connectivity index (χ1n) is 7.41.